The first-order valence-corrected chi connectivity index (χ1v) is 5.79. The molecule has 1 amide bonds. The van der Waals surface area contributed by atoms with Crippen LogP contribution in [0.1, 0.15) is 32.6 Å². The van der Waals surface area contributed by atoms with E-state index in [1.807, 2.05) is 0 Å². The minimum atomic E-state index is -2.73. The van der Waals surface area contributed by atoms with Gasteiger partial charge in [-0.2, -0.15) is 0 Å². The second-order valence-corrected chi connectivity index (χ2v) is 5.38. The molecule has 92 valence electrons. The molecule has 0 aromatic carbocycles. The Labute approximate surface area is 94.0 Å². The monoisotopic (exact) mass is 232 g/mol. The van der Waals surface area contributed by atoms with Crippen LogP contribution < -0.4 is 10.6 Å². The van der Waals surface area contributed by atoms with Crippen molar-refractivity contribution in [2.45, 2.75) is 44.6 Å². The molecule has 16 heavy (non-hydrogen) atoms. The van der Waals surface area contributed by atoms with Gasteiger partial charge in [-0.3, -0.25) is 10.1 Å². The van der Waals surface area contributed by atoms with Crippen LogP contribution in [-0.4, -0.2) is 31.0 Å². The number of hydrogen-bond acceptors (Lipinski definition) is 2. The summed E-state index contributed by atoms with van der Waals surface area (Å²) in [5.74, 6) is -3.02. The predicted octanol–water partition coefficient (Wildman–Crippen LogP) is 1.29. The number of hydrogen-bond donors (Lipinski definition) is 2. The Kier molecular flexibility index (Phi) is 2.90. The van der Waals surface area contributed by atoms with Gasteiger partial charge >= 0.3 is 0 Å². The Morgan fingerprint density at radius 3 is 2.62 bits per heavy atom. The van der Waals surface area contributed by atoms with Gasteiger partial charge in [0, 0.05) is 13.0 Å². The van der Waals surface area contributed by atoms with Gasteiger partial charge in [0.05, 0.1) is 12.6 Å². The maximum atomic E-state index is 12.9. The van der Waals surface area contributed by atoms with E-state index in [9.17, 15) is 13.6 Å². The number of amides is 1. The van der Waals surface area contributed by atoms with Crippen molar-refractivity contribution >= 4 is 5.91 Å². The molecule has 1 heterocycles. The molecule has 0 bridgehead atoms. The van der Waals surface area contributed by atoms with Crippen molar-refractivity contribution in [2.75, 3.05) is 13.1 Å². The van der Waals surface area contributed by atoms with Crippen LogP contribution in [0.25, 0.3) is 0 Å². The molecule has 1 saturated carbocycles. The number of carbonyl (C=O) groups excluding carboxylic acids is 1. The summed E-state index contributed by atoms with van der Waals surface area (Å²) >= 11 is 0. The molecule has 1 unspecified atom stereocenters. The predicted molar refractivity (Wildman–Crippen MR) is 56.3 cm³/mol. The molecule has 0 aromatic rings. The molecule has 0 radical (unpaired) electrons. The van der Waals surface area contributed by atoms with E-state index >= 15 is 0 Å². The van der Waals surface area contributed by atoms with E-state index < -0.39 is 12.0 Å². The molecular weight excluding hydrogens is 214 g/mol. The van der Waals surface area contributed by atoms with Crippen molar-refractivity contribution in [3.63, 3.8) is 0 Å². The van der Waals surface area contributed by atoms with Crippen LogP contribution in [0.15, 0.2) is 0 Å². The van der Waals surface area contributed by atoms with Crippen LogP contribution in [0.5, 0.6) is 0 Å². The summed E-state index contributed by atoms with van der Waals surface area (Å²) in [5.41, 5.74) is 0.191. The SMILES string of the molecule is CC1(CNC(=O)C2CC(F)(F)CN2)CCC1. The average Bonchev–Trinajstić information content (AvgIpc) is 2.52. The van der Waals surface area contributed by atoms with E-state index in [0.717, 1.165) is 12.8 Å². The number of rotatable bonds is 3. The topological polar surface area (TPSA) is 41.1 Å². The van der Waals surface area contributed by atoms with E-state index in [1.54, 1.807) is 0 Å². The summed E-state index contributed by atoms with van der Waals surface area (Å²) in [6.07, 6.45) is 3.05. The molecule has 1 aliphatic carbocycles. The molecule has 0 spiro atoms. The third-order valence-electron chi connectivity index (χ3n) is 3.68. The molecule has 1 saturated heterocycles. The van der Waals surface area contributed by atoms with E-state index in [1.165, 1.54) is 6.42 Å². The summed E-state index contributed by atoms with van der Waals surface area (Å²) in [6.45, 7) is 2.34. The summed E-state index contributed by atoms with van der Waals surface area (Å²) < 4.78 is 25.7. The lowest BCUT2D eigenvalue weighted by molar-refractivity contribution is -0.124. The van der Waals surface area contributed by atoms with Gasteiger partial charge in [0.1, 0.15) is 0 Å². The first-order valence-electron chi connectivity index (χ1n) is 5.79. The number of halogens is 2. The molecule has 2 aliphatic rings. The van der Waals surface area contributed by atoms with Crippen molar-refractivity contribution in [1.29, 1.82) is 0 Å². The molecule has 2 N–H and O–H groups in total. The van der Waals surface area contributed by atoms with Crippen LogP contribution in [-0.2, 0) is 4.79 Å². The Morgan fingerprint density at radius 2 is 2.19 bits per heavy atom. The Morgan fingerprint density at radius 1 is 1.50 bits per heavy atom. The van der Waals surface area contributed by atoms with Crippen LogP contribution in [0.4, 0.5) is 8.78 Å². The quantitative estimate of drug-likeness (QED) is 0.770. The zero-order valence-corrected chi connectivity index (χ0v) is 9.48. The van der Waals surface area contributed by atoms with Crippen molar-refractivity contribution in [2.24, 2.45) is 5.41 Å². The summed E-state index contributed by atoms with van der Waals surface area (Å²) in [4.78, 5) is 11.6. The highest BCUT2D eigenvalue weighted by Crippen LogP contribution is 2.39. The number of nitrogens with one attached hydrogen (secondary N) is 2. The molecule has 1 atom stereocenters. The van der Waals surface area contributed by atoms with E-state index in [2.05, 4.69) is 17.6 Å². The Balaban J connectivity index is 1.76. The molecule has 2 rings (SSSR count). The average molecular weight is 232 g/mol. The zero-order valence-electron chi connectivity index (χ0n) is 9.48. The molecule has 2 fully saturated rings. The summed E-state index contributed by atoms with van der Waals surface area (Å²) in [7, 11) is 0. The normalized spacial score (nSPS) is 30.8. The lowest BCUT2D eigenvalue weighted by Gasteiger charge is -2.38. The third-order valence-corrected chi connectivity index (χ3v) is 3.68. The lowest BCUT2D eigenvalue weighted by Crippen LogP contribution is -2.46. The molecular formula is C11H18F2N2O. The number of carbonyl (C=O) groups is 1. The second-order valence-electron chi connectivity index (χ2n) is 5.38. The van der Waals surface area contributed by atoms with Crippen LogP contribution in [0, 0.1) is 5.41 Å². The fourth-order valence-electron chi connectivity index (χ4n) is 2.28. The van der Waals surface area contributed by atoms with Crippen LogP contribution >= 0.6 is 0 Å². The lowest BCUT2D eigenvalue weighted by atomic mass is 9.70. The summed E-state index contributed by atoms with van der Waals surface area (Å²) in [5, 5.41) is 5.33. The third kappa shape index (κ3) is 2.51. The zero-order chi connectivity index (χ0) is 11.8. The minimum absolute atomic E-state index is 0.191. The van der Waals surface area contributed by atoms with Gasteiger partial charge in [-0.15, -0.1) is 0 Å². The van der Waals surface area contributed by atoms with Gasteiger partial charge in [0.2, 0.25) is 5.91 Å². The van der Waals surface area contributed by atoms with E-state index in [0.29, 0.717) is 6.54 Å². The standard InChI is InChI=1S/C11H18F2N2O/c1-10(3-2-4-10)6-15-9(16)8-5-11(12,13)7-14-8/h8,14H,2-7H2,1H3,(H,15,16). The van der Waals surface area contributed by atoms with Crippen molar-refractivity contribution in [3.05, 3.63) is 0 Å². The molecule has 3 nitrogen and oxygen atoms in total. The van der Waals surface area contributed by atoms with Gasteiger partial charge in [-0.25, -0.2) is 8.78 Å². The molecule has 5 heteroatoms. The maximum absolute atomic E-state index is 12.9. The maximum Gasteiger partial charge on any atom is 0.262 e. The minimum Gasteiger partial charge on any atom is -0.354 e. The highest BCUT2D eigenvalue weighted by atomic mass is 19.3. The summed E-state index contributed by atoms with van der Waals surface area (Å²) in [6, 6.07) is -0.723. The molecule has 1 aliphatic heterocycles. The van der Waals surface area contributed by atoms with Crippen molar-refractivity contribution in [1.82, 2.24) is 10.6 Å². The highest BCUT2D eigenvalue weighted by Gasteiger charge is 2.42. The van der Waals surface area contributed by atoms with E-state index in [4.69, 9.17) is 0 Å². The molecule has 0 aromatic heterocycles. The first kappa shape index (κ1) is 11.8. The second kappa shape index (κ2) is 3.95. The van der Waals surface area contributed by atoms with Crippen molar-refractivity contribution in [3.8, 4) is 0 Å². The van der Waals surface area contributed by atoms with Gasteiger partial charge in [0.15, 0.2) is 0 Å². The van der Waals surface area contributed by atoms with Gasteiger partial charge in [-0.1, -0.05) is 13.3 Å². The van der Waals surface area contributed by atoms with Gasteiger partial charge in [0.25, 0.3) is 5.92 Å². The van der Waals surface area contributed by atoms with Crippen LogP contribution in [0.3, 0.4) is 0 Å². The smallest absolute Gasteiger partial charge is 0.262 e. The van der Waals surface area contributed by atoms with Gasteiger partial charge < -0.3 is 5.32 Å². The number of alkyl halides is 2. The Bertz CT molecular complexity index is 290. The largest absolute Gasteiger partial charge is 0.354 e. The fraction of sp³-hybridized carbons (Fsp3) is 0.909. The fourth-order valence-corrected chi connectivity index (χ4v) is 2.28. The first-order chi connectivity index (χ1) is 7.40. The highest BCUT2D eigenvalue weighted by molar-refractivity contribution is 5.82. The van der Waals surface area contributed by atoms with Crippen LogP contribution in [0.2, 0.25) is 0 Å². The van der Waals surface area contributed by atoms with Gasteiger partial charge in [-0.05, 0) is 18.3 Å². The Hall–Kier alpha value is -0.710. The van der Waals surface area contributed by atoms with Crippen molar-refractivity contribution < 1.29 is 13.6 Å². The van der Waals surface area contributed by atoms with E-state index in [-0.39, 0.29) is 24.3 Å².